The van der Waals surface area contributed by atoms with Gasteiger partial charge in [-0.3, -0.25) is 9.48 Å². The van der Waals surface area contributed by atoms with Crippen molar-refractivity contribution in [3.63, 3.8) is 0 Å². The van der Waals surface area contributed by atoms with Gasteiger partial charge in [-0.2, -0.15) is 5.10 Å². The number of carbonyl (C=O) groups is 1. The molecule has 0 saturated carbocycles. The molecule has 0 saturated heterocycles. The summed E-state index contributed by atoms with van der Waals surface area (Å²) in [5.41, 5.74) is 3.14. The number of aliphatic hydroxyl groups excluding tert-OH is 1. The van der Waals surface area contributed by atoms with E-state index in [9.17, 15) is 4.79 Å². The smallest absolute Gasteiger partial charge is 0.253 e. The summed E-state index contributed by atoms with van der Waals surface area (Å²) in [6, 6.07) is 9.51. The number of nitrogens with zero attached hydrogens (tertiary/aromatic N) is 3. The summed E-state index contributed by atoms with van der Waals surface area (Å²) in [6.07, 6.45) is 4.34. The minimum absolute atomic E-state index is 0.0655. The second-order valence-electron chi connectivity index (χ2n) is 5.11. The highest BCUT2D eigenvalue weighted by molar-refractivity contribution is 6.02. The Morgan fingerprint density at radius 1 is 1.32 bits per heavy atom. The zero-order valence-corrected chi connectivity index (χ0v) is 12.4. The van der Waals surface area contributed by atoms with Gasteiger partial charge in [0, 0.05) is 32.6 Å². The molecule has 3 heterocycles. The topological polar surface area (TPSA) is 71.6 Å². The molecule has 2 N–H and O–H groups in total. The number of pyridine rings is 1. The molecule has 0 aromatic carbocycles. The third-order valence-corrected chi connectivity index (χ3v) is 3.52. The van der Waals surface area contributed by atoms with Crippen LogP contribution in [0.1, 0.15) is 16.8 Å². The first-order chi connectivity index (χ1) is 10.7. The number of fused-ring (bicyclic) bond motifs is 1. The van der Waals surface area contributed by atoms with E-state index in [4.69, 9.17) is 5.11 Å². The maximum absolute atomic E-state index is 12.4. The van der Waals surface area contributed by atoms with Crippen LogP contribution in [0.15, 0.2) is 42.7 Å². The van der Waals surface area contributed by atoms with E-state index in [0.29, 0.717) is 18.5 Å². The first-order valence-corrected chi connectivity index (χ1v) is 7.20. The fourth-order valence-corrected chi connectivity index (χ4v) is 2.46. The fraction of sp³-hybridized carbons (Fsp3) is 0.250. The monoisotopic (exact) mass is 298 g/mol. The normalized spacial score (nSPS) is 11.0. The van der Waals surface area contributed by atoms with Crippen LogP contribution in [0.5, 0.6) is 0 Å². The summed E-state index contributed by atoms with van der Waals surface area (Å²) in [6.45, 7) is 0.522. The van der Waals surface area contributed by atoms with Crippen molar-refractivity contribution in [1.29, 1.82) is 0 Å². The van der Waals surface area contributed by atoms with Gasteiger partial charge in [0.2, 0.25) is 0 Å². The van der Waals surface area contributed by atoms with E-state index in [2.05, 4.69) is 10.4 Å². The number of nitrogens with one attached hydrogen (secondary N) is 1. The molecule has 6 heteroatoms. The standard InChI is InChI=1S/C16H18N4O2/c1-19-9-6-13(18-19)15-11-12(16(22)17-7-4-10-21)14-5-2-3-8-20(14)15/h2-3,5-6,8-9,11,21H,4,7,10H2,1H3,(H,17,22). The lowest BCUT2D eigenvalue weighted by Gasteiger charge is -2.03. The molecule has 1 amide bonds. The molecule has 22 heavy (non-hydrogen) atoms. The molecule has 0 aliphatic carbocycles. The highest BCUT2D eigenvalue weighted by Crippen LogP contribution is 2.25. The molecular weight excluding hydrogens is 280 g/mol. The molecule has 0 fully saturated rings. The van der Waals surface area contributed by atoms with Gasteiger partial charge in [-0.15, -0.1) is 0 Å². The van der Waals surface area contributed by atoms with Crippen LogP contribution in [0.4, 0.5) is 0 Å². The number of aryl methyl sites for hydroxylation is 1. The van der Waals surface area contributed by atoms with Crippen molar-refractivity contribution in [2.75, 3.05) is 13.2 Å². The minimum atomic E-state index is -0.140. The van der Waals surface area contributed by atoms with Crippen LogP contribution in [0.25, 0.3) is 16.9 Å². The Labute approximate surface area is 128 Å². The van der Waals surface area contributed by atoms with Gasteiger partial charge in [0.05, 0.1) is 16.8 Å². The number of rotatable bonds is 5. The molecule has 0 radical (unpaired) electrons. The average Bonchev–Trinajstić information content (AvgIpc) is 3.11. The molecule has 3 aromatic heterocycles. The van der Waals surface area contributed by atoms with Crippen molar-refractivity contribution in [3.05, 3.63) is 48.3 Å². The summed E-state index contributed by atoms with van der Waals surface area (Å²) in [4.78, 5) is 12.4. The number of hydrogen-bond donors (Lipinski definition) is 2. The van der Waals surface area contributed by atoms with Crippen LogP contribution < -0.4 is 5.32 Å². The van der Waals surface area contributed by atoms with E-state index in [1.807, 2.05) is 54.2 Å². The molecule has 0 spiro atoms. The highest BCUT2D eigenvalue weighted by atomic mass is 16.3. The second-order valence-corrected chi connectivity index (χ2v) is 5.11. The molecule has 3 rings (SSSR count). The van der Waals surface area contributed by atoms with Gasteiger partial charge in [-0.25, -0.2) is 0 Å². The number of aromatic nitrogens is 3. The quantitative estimate of drug-likeness (QED) is 0.700. The van der Waals surface area contributed by atoms with E-state index in [1.165, 1.54) is 0 Å². The third-order valence-electron chi connectivity index (χ3n) is 3.52. The van der Waals surface area contributed by atoms with Gasteiger partial charge >= 0.3 is 0 Å². The maximum atomic E-state index is 12.4. The van der Waals surface area contributed by atoms with Gasteiger partial charge in [-0.05, 0) is 30.7 Å². The fourth-order valence-electron chi connectivity index (χ4n) is 2.46. The molecule has 0 aliphatic rings. The summed E-state index contributed by atoms with van der Waals surface area (Å²) >= 11 is 0. The lowest BCUT2D eigenvalue weighted by atomic mass is 10.2. The van der Waals surface area contributed by atoms with E-state index in [0.717, 1.165) is 16.9 Å². The molecule has 0 unspecified atom stereocenters. The Balaban J connectivity index is 2.02. The zero-order valence-electron chi connectivity index (χ0n) is 12.4. The second kappa shape index (κ2) is 6.03. The Bertz CT molecular complexity index is 803. The van der Waals surface area contributed by atoms with Crippen molar-refractivity contribution < 1.29 is 9.90 Å². The van der Waals surface area contributed by atoms with Crippen molar-refractivity contribution >= 4 is 11.4 Å². The summed E-state index contributed by atoms with van der Waals surface area (Å²) in [5, 5.41) is 16.0. The molecular formula is C16H18N4O2. The van der Waals surface area contributed by atoms with Gasteiger partial charge < -0.3 is 14.8 Å². The Hall–Kier alpha value is -2.60. The predicted molar refractivity (Wildman–Crippen MR) is 83.6 cm³/mol. The van der Waals surface area contributed by atoms with Crippen molar-refractivity contribution in [2.45, 2.75) is 6.42 Å². The van der Waals surface area contributed by atoms with Crippen LogP contribution in [0, 0.1) is 0 Å². The van der Waals surface area contributed by atoms with Gasteiger partial charge in [-0.1, -0.05) is 6.07 Å². The first kappa shape index (κ1) is 14.3. The van der Waals surface area contributed by atoms with Crippen LogP contribution in [0.2, 0.25) is 0 Å². The van der Waals surface area contributed by atoms with Crippen molar-refractivity contribution in [2.24, 2.45) is 7.05 Å². The summed E-state index contributed by atoms with van der Waals surface area (Å²) < 4.78 is 3.70. The first-order valence-electron chi connectivity index (χ1n) is 7.20. The van der Waals surface area contributed by atoms with Crippen molar-refractivity contribution in [3.8, 4) is 11.4 Å². The highest BCUT2D eigenvalue weighted by Gasteiger charge is 2.16. The van der Waals surface area contributed by atoms with E-state index < -0.39 is 0 Å². The van der Waals surface area contributed by atoms with Gasteiger partial charge in [0.1, 0.15) is 5.69 Å². The maximum Gasteiger partial charge on any atom is 0.253 e. The van der Waals surface area contributed by atoms with Crippen LogP contribution in [-0.4, -0.2) is 38.3 Å². The lowest BCUT2D eigenvalue weighted by Crippen LogP contribution is -2.24. The number of amides is 1. The van der Waals surface area contributed by atoms with E-state index in [-0.39, 0.29) is 12.5 Å². The average molecular weight is 298 g/mol. The van der Waals surface area contributed by atoms with Crippen LogP contribution >= 0.6 is 0 Å². The van der Waals surface area contributed by atoms with E-state index in [1.54, 1.807) is 4.68 Å². The summed E-state index contributed by atoms with van der Waals surface area (Å²) in [5.74, 6) is -0.140. The molecule has 0 bridgehead atoms. The predicted octanol–water partition coefficient (Wildman–Crippen LogP) is 1.45. The van der Waals surface area contributed by atoms with Crippen LogP contribution in [0.3, 0.4) is 0 Å². The molecule has 0 atom stereocenters. The van der Waals surface area contributed by atoms with Crippen LogP contribution in [-0.2, 0) is 7.05 Å². The Morgan fingerprint density at radius 2 is 2.18 bits per heavy atom. The Morgan fingerprint density at radius 3 is 2.91 bits per heavy atom. The number of aliphatic hydroxyl groups is 1. The lowest BCUT2D eigenvalue weighted by molar-refractivity contribution is 0.0953. The molecule has 6 nitrogen and oxygen atoms in total. The third kappa shape index (κ3) is 2.60. The molecule has 0 aliphatic heterocycles. The van der Waals surface area contributed by atoms with Crippen molar-refractivity contribution in [1.82, 2.24) is 19.5 Å². The zero-order chi connectivity index (χ0) is 15.5. The Kier molecular flexibility index (Phi) is 3.93. The largest absolute Gasteiger partial charge is 0.396 e. The van der Waals surface area contributed by atoms with Gasteiger partial charge in [0.15, 0.2) is 0 Å². The minimum Gasteiger partial charge on any atom is -0.396 e. The molecule has 3 aromatic rings. The van der Waals surface area contributed by atoms with E-state index >= 15 is 0 Å². The number of hydrogen-bond acceptors (Lipinski definition) is 3. The number of carbonyl (C=O) groups excluding carboxylic acids is 1. The van der Waals surface area contributed by atoms with Gasteiger partial charge in [0.25, 0.3) is 5.91 Å². The summed E-state index contributed by atoms with van der Waals surface area (Å²) in [7, 11) is 1.86. The SMILES string of the molecule is Cn1ccc(-c2cc(C(=O)NCCCO)c3ccccn23)n1. The molecule has 114 valence electrons.